The van der Waals surface area contributed by atoms with Crippen LogP contribution in [0.1, 0.15) is 0 Å². The fourth-order valence-corrected chi connectivity index (χ4v) is 4.48. The van der Waals surface area contributed by atoms with E-state index < -0.39 is 11.5 Å². The average molecular weight is 556 g/mol. The lowest BCUT2D eigenvalue weighted by atomic mass is 10.0. The molecule has 196 valence electrons. The van der Waals surface area contributed by atoms with Crippen molar-refractivity contribution in [1.82, 2.24) is 14.5 Å². The largest absolute Gasteiger partial charge is 0.497 e. The summed E-state index contributed by atoms with van der Waals surface area (Å²) in [5.41, 5.74) is 1.38. The predicted octanol–water partition coefficient (Wildman–Crippen LogP) is 5.20. The Kier molecular flexibility index (Phi) is 7.75. The quantitative estimate of drug-likeness (QED) is 0.285. The van der Waals surface area contributed by atoms with Gasteiger partial charge in [-0.1, -0.05) is 29.8 Å². The minimum Gasteiger partial charge on any atom is -0.497 e. The van der Waals surface area contributed by atoms with Crippen LogP contribution in [-0.4, -0.2) is 41.8 Å². The number of amides is 1. The van der Waals surface area contributed by atoms with Crippen LogP contribution >= 0.6 is 23.2 Å². The Hall–Kier alpha value is -4.28. The molecule has 0 radical (unpaired) electrons. The second-order valence-corrected chi connectivity index (χ2v) is 8.66. The maximum atomic E-state index is 13.4. The van der Waals surface area contributed by atoms with Crippen LogP contribution in [0.2, 0.25) is 10.0 Å². The lowest BCUT2D eigenvalue weighted by molar-refractivity contribution is -0.111. The first-order valence-corrected chi connectivity index (χ1v) is 11.8. The Balaban J connectivity index is 1.81. The number of carbonyl (C=O) groups excluding carboxylic acids is 1. The van der Waals surface area contributed by atoms with Gasteiger partial charge >= 0.3 is 0 Å². The molecule has 0 bridgehead atoms. The molecule has 2 N–H and O–H groups in total. The van der Waals surface area contributed by atoms with Crippen molar-refractivity contribution >= 4 is 57.5 Å². The van der Waals surface area contributed by atoms with E-state index in [0.29, 0.717) is 39.7 Å². The molecule has 0 aliphatic rings. The normalized spacial score (nSPS) is 10.7. The van der Waals surface area contributed by atoms with Gasteiger partial charge in [0.1, 0.15) is 22.9 Å². The minimum atomic E-state index is -0.401. The van der Waals surface area contributed by atoms with Crippen molar-refractivity contribution in [3.05, 3.63) is 69.6 Å². The highest BCUT2D eigenvalue weighted by atomic mass is 35.5. The van der Waals surface area contributed by atoms with Crippen molar-refractivity contribution in [2.75, 3.05) is 32.0 Å². The zero-order valence-corrected chi connectivity index (χ0v) is 22.4. The molecule has 38 heavy (non-hydrogen) atoms. The number of hydrogen-bond donors (Lipinski definition) is 2. The van der Waals surface area contributed by atoms with Gasteiger partial charge in [0.05, 0.1) is 48.3 Å². The number of nitrogens with zero attached hydrogens (tertiary/aromatic N) is 3. The van der Waals surface area contributed by atoms with Crippen LogP contribution in [0.4, 0.5) is 17.3 Å². The first-order chi connectivity index (χ1) is 18.2. The fourth-order valence-electron chi connectivity index (χ4n) is 3.78. The van der Waals surface area contributed by atoms with E-state index in [-0.39, 0.29) is 27.1 Å². The molecule has 4 aromatic rings. The van der Waals surface area contributed by atoms with Crippen molar-refractivity contribution in [3.63, 3.8) is 0 Å². The standard InChI is InChI=1S/C26H23Cl2N5O5/c1-6-20(34)30-17-10-14(36-3)7-8-16(17)31-26-29-12-13-9-15(25(35)33(2)24(13)32-26)21-22(27)18(37-4)11-19(38-5)23(21)28/h6-12H,1H2,2-5H3,(H,30,34)(H,29,31,32). The van der Waals surface area contributed by atoms with E-state index >= 15 is 0 Å². The van der Waals surface area contributed by atoms with Gasteiger partial charge < -0.3 is 24.8 Å². The Morgan fingerprint density at radius 2 is 1.71 bits per heavy atom. The van der Waals surface area contributed by atoms with Crippen LogP contribution in [0.15, 0.2) is 54.0 Å². The predicted molar refractivity (Wildman–Crippen MR) is 148 cm³/mol. The average Bonchev–Trinajstić information content (AvgIpc) is 2.92. The van der Waals surface area contributed by atoms with Gasteiger partial charge in [0.25, 0.3) is 5.56 Å². The summed E-state index contributed by atoms with van der Waals surface area (Å²) in [5.74, 6) is 0.941. The molecule has 0 aliphatic carbocycles. The third kappa shape index (κ3) is 4.96. The van der Waals surface area contributed by atoms with Gasteiger partial charge in [0, 0.05) is 36.3 Å². The third-order valence-electron chi connectivity index (χ3n) is 5.71. The molecule has 0 saturated heterocycles. The van der Waals surface area contributed by atoms with Crippen molar-refractivity contribution < 1.29 is 19.0 Å². The fraction of sp³-hybridized carbons (Fsp3) is 0.154. The first kappa shape index (κ1) is 26.8. The van der Waals surface area contributed by atoms with E-state index in [4.69, 9.17) is 37.4 Å². The van der Waals surface area contributed by atoms with Gasteiger partial charge in [-0.15, -0.1) is 0 Å². The highest BCUT2D eigenvalue weighted by Gasteiger charge is 2.22. The van der Waals surface area contributed by atoms with Crippen molar-refractivity contribution in [1.29, 1.82) is 0 Å². The Labute approximate surface area is 227 Å². The number of methoxy groups -OCH3 is 3. The number of rotatable bonds is 8. The van der Waals surface area contributed by atoms with Crippen LogP contribution in [0.25, 0.3) is 22.2 Å². The molecule has 1 amide bonds. The first-order valence-electron chi connectivity index (χ1n) is 11.1. The summed E-state index contributed by atoms with van der Waals surface area (Å²) in [5, 5.41) is 6.67. The van der Waals surface area contributed by atoms with Crippen LogP contribution in [0.5, 0.6) is 17.2 Å². The van der Waals surface area contributed by atoms with E-state index in [1.54, 1.807) is 43.6 Å². The number of halogens is 2. The van der Waals surface area contributed by atoms with Gasteiger partial charge in [-0.3, -0.25) is 14.2 Å². The number of ether oxygens (including phenoxy) is 3. The molecule has 0 atom stereocenters. The smallest absolute Gasteiger partial charge is 0.259 e. The Morgan fingerprint density at radius 1 is 1.03 bits per heavy atom. The van der Waals surface area contributed by atoms with E-state index in [9.17, 15) is 9.59 Å². The number of pyridine rings is 1. The molecule has 10 nitrogen and oxygen atoms in total. The number of fused-ring (bicyclic) bond motifs is 1. The number of nitrogens with one attached hydrogen (secondary N) is 2. The van der Waals surface area contributed by atoms with Crippen LogP contribution < -0.4 is 30.4 Å². The number of anilines is 3. The van der Waals surface area contributed by atoms with E-state index in [2.05, 4.69) is 27.2 Å². The van der Waals surface area contributed by atoms with E-state index in [1.165, 1.54) is 25.9 Å². The monoisotopic (exact) mass is 555 g/mol. The van der Waals surface area contributed by atoms with E-state index in [1.807, 2.05) is 0 Å². The second kappa shape index (κ2) is 11.0. The molecule has 0 aliphatic heterocycles. The summed E-state index contributed by atoms with van der Waals surface area (Å²) >= 11 is 13.1. The lowest BCUT2D eigenvalue weighted by Gasteiger charge is -2.16. The summed E-state index contributed by atoms with van der Waals surface area (Å²) in [6.45, 7) is 3.47. The zero-order chi connectivity index (χ0) is 27.6. The zero-order valence-electron chi connectivity index (χ0n) is 20.9. The molecule has 0 unspecified atom stereocenters. The molecule has 2 heterocycles. The van der Waals surface area contributed by atoms with Gasteiger partial charge in [-0.25, -0.2) is 4.98 Å². The molecule has 2 aromatic heterocycles. The van der Waals surface area contributed by atoms with Crippen molar-refractivity contribution in [3.8, 4) is 28.4 Å². The van der Waals surface area contributed by atoms with Gasteiger partial charge in [0.2, 0.25) is 11.9 Å². The summed E-state index contributed by atoms with van der Waals surface area (Å²) in [6.07, 6.45) is 2.71. The molecular formula is C26H23Cl2N5O5. The molecule has 0 saturated carbocycles. The number of aromatic nitrogens is 3. The minimum absolute atomic E-state index is 0.169. The van der Waals surface area contributed by atoms with Gasteiger partial charge in [-0.2, -0.15) is 4.98 Å². The van der Waals surface area contributed by atoms with Crippen LogP contribution in [-0.2, 0) is 11.8 Å². The maximum absolute atomic E-state index is 13.4. The lowest BCUT2D eigenvalue weighted by Crippen LogP contribution is -2.20. The Bertz CT molecular complexity index is 1610. The van der Waals surface area contributed by atoms with Gasteiger partial charge in [0.15, 0.2) is 0 Å². The molecule has 12 heteroatoms. The Morgan fingerprint density at radius 3 is 2.32 bits per heavy atom. The third-order valence-corrected chi connectivity index (χ3v) is 6.46. The van der Waals surface area contributed by atoms with Crippen molar-refractivity contribution in [2.45, 2.75) is 0 Å². The number of aryl methyl sites for hydroxylation is 1. The van der Waals surface area contributed by atoms with Gasteiger partial charge in [-0.05, 0) is 24.3 Å². The maximum Gasteiger partial charge on any atom is 0.259 e. The topological polar surface area (TPSA) is 117 Å². The summed E-state index contributed by atoms with van der Waals surface area (Å²) < 4.78 is 17.3. The second-order valence-electron chi connectivity index (χ2n) is 7.91. The summed E-state index contributed by atoms with van der Waals surface area (Å²) in [4.78, 5) is 34.3. The molecular weight excluding hydrogens is 533 g/mol. The number of benzene rings is 2. The summed E-state index contributed by atoms with van der Waals surface area (Å²) in [6, 6.07) is 8.21. The van der Waals surface area contributed by atoms with Crippen molar-refractivity contribution in [2.24, 2.45) is 7.05 Å². The highest BCUT2D eigenvalue weighted by Crippen LogP contribution is 2.45. The van der Waals surface area contributed by atoms with E-state index in [0.717, 1.165) is 6.08 Å². The van der Waals surface area contributed by atoms with Crippen LogP contribution in [0, 0.1) is 0 Å². The highest BCUT2D eigenvalue weighted by molar-refractivity contribution is 6.41. The SMILES string of the molecule is C=CC(=O)Nc1cc(OC)ccc1Nc1ncc2cc(-c3c(Cl)c(OC)cc(OC)c3Cl)c(=O)n(C)c2n1. The molecule has 2 aromatic carbocycles. The summed E-state index contributed by atoms with van der Waals surface area (Å²) in [7, 11) is 6.00. The van der Waals surface area contributed by atoms with Crippen LogP contribution in [0.3, 0.4) is 0 Å². The molecule has 0 spiro atoms. The number of hydrogen-bond acceptors (Lipinski definition) is 8. The molecule has 4 rings (SSSR count). The molecule has 0 fully saturated rings. The number of carbonyl (C=O) groups is 1.